The standard InChI is InChI=1S/C26H30BrClF3N3O4S/c1-17(25(36)32-20-9-4-3-5-10-20)33(15-18-7-6-8-19(27)13-18)24(35)16-34(39(2,37)38)21-11-12-23(28)22(14-21)26(29,30)31/h6-8,11-14,17,20H,3-5,9-10,15-16H2,1-2H3,(H,32,36)/t17-/m1/s1. The molecular weight excluding hydrogens is 623 g/mol. The summed E-state index contributed by atoms with van der Waals surface area (Å²) >= 11 is 9.08. The second-order valence-corrected chi connectivity index (χ2v) is 12.8. The van der Waals surface area contributed by atoms with Crippen LogP contribution in [0.1, 0.15) is 50.2 Å². The third-order valence-corrected chi connectivity index (χ3v) is 8.55. The Kier molecular flexibility index (Phi) is 10.3. The van der Waals surface area contributed by atoms with E-state index in [4.69, 9.17) is 11.6 Å². The number of amides is 2. The van der Waals surface area contributed by atoms with Gasteiger partial charge in [-0.1, -0.05) is 58.9 Å². The van der Waals surface area contributed by atoms with E-state index in [-0.39, 0.29) is 24.2 Å². The molecule has 0 aliphatic heterocycles. The summed E-state index contributed by atoms with van der Waals surface area (Å²) in [5, 5.41) is 2.38. The van der Waals surface area contributed by atoms with Crippen LogP contribution in [0.25, 0.3) is 0 Å². The van der Waals surface area contributed by atoms with Gasteiger partial charge in [-0.25, -0.2) is 8.42 Å². The molecule has 0 bridgehead atoms. The van der Waals surface area contributed by atoms with Crippen molar-refractivity contribution in [2.75, 3.05) is 17.1 Å². The summed E-state index contributed by atoms with van der Waals surface area (Å²) in [6.45, 7) is 0.708. The van der Waals surface area contributed by atoms with Gasteiger partial charge in [0.2, 0.25) is 21.8 Å². The van der Waals surface area contributed by atoms with E-state index in [1.807, 2.05) is 0 Å². The number of hydrogen-bond acceptors (Lipinski definition) is 4. The highest BCUT2D eigenvalue weighted by Crippen LogP contribution is 2.37. The summed E-state index contributed by atoms with van der Waals surface area (Å²) in [6.07, 6.45) is 0.695. The maximum absolute atomic E-state index is 13.6. The minimum atomic E-state index is -4.83. The Morgan fingerprint density at radius 2 is 1.79 bits per heavy atom. The first-order chi connectivity index (χ1) is 18.2. The largest absolute Gasteiger partial charge is 0.417 e. The Morgan fingerprint density at radius 3 is 2.38 bits per heavy atom. The summed E-state index contributed by atoms with van der Waals surface area (Å²) in [7, 11) is -4.20. The molecule has 214 valence electrons. The Balaban J connectivity index is 1.93. The lowest BCUT2D eigenvalue weighted by Crippen LogP contribution is -2.53. The molecule has 1 aliphatic rings. The zero-order valence-corrected chi connectivity index (χ0v) is 24.6. The molecule has 7 nitrogen and oxygen atoms in total. The van der Waals surface area contributed by atoms with Crippen LogP contribution in [0.4, 0.5) is 18.9 Å². The minimum Gasteiger partial charge on any atom is -0.352 e. The molecule has 39 heavy (non-hydrogen) atoms. The van der Waals surface area contributed by atoms with Crippen LogP contribution in [0.3, 0.4) is 0 Å². The maximum atomic E-state index is 13.6. The second kappa shape index (κ2) is 12.9. The molecular formula is C26H30BrClF3N3O4S. The fraction of sp³-hybridized carbons (Fsp3) is 0.462. The lowest BCUT2D eigenvalue weighted by atomic mass is 9.95. The molecule has 0 spiro atoms. The van der Waals surface area contributed by atoms with Crippen molar-refractivity contribution < 1.29 is 31.2 Å². The van der Waals surface area contributed by atoms with E-state index in [1.54, 1.807) is 31.2 Å². The number of anilines is 1. The number of carbonyl (C=O) groups excluding carboxylic acids is 2. The van der Waals surface area contributed by atoms with Gasteiger partial charge in [0, 0.05) is 17.1 Å². The molecule has 1 fully saturated rings. The molecule has 2 amide bonds. The van der Waals surface area contributed by atoms with Gasteiger partial charge in [0.15, 0.2) is 0 Å². The zero-order valence-electron chi connectivity index (χ0n) is 21.5. The monoisotopic (exact) mass is 651 g/mol. The number of hydrogen-bond donors (Lipinski definition) is 1. The van der Waals surface area contributed by atoms with Crippen molar-refractivity contribution >= 4 is 55.1 Å². The van der Waals surface area contributed by atoms with E-state index in [9.17, 15) is 31.2 Å². The smallest absolute Gasteiger partial charge is 0.352 e. The van der Waals surface area contributed by atoms with Crippen molar-refractivity contribution in [3.05, 3.63) is 63.1 Å². The van der Waals surface area contributed by atoms with E-state index in [0.717, 1.165) is 55.0 Å². The number of benzene rings is 2. The quantitative estimate of drug-likeness (QED) is 0.374. The predicted molar refractivity (Wildman–Crippen MR) is 148 cm³/mol. The average molecular weight is 653 g/mol. The van der Waals surface area contributed by atoms with Crippen molar-refractivity contribution in [1.29, 1.82) is 0 Å². The first-order valence-corrected chi connectivity index (χ1v) is 15.4. The van der Waals surface area contributed by atoms with Gasteiger partial charge in [-0.2, -0.15) is 13.2 Å². The van der Waals surface area contributed by atoms with Crippen LogP contribution in [0.2, 0.25) is 5.02 Å². The maximum Gasteiger partial charge on any atom is 0.417 e. The van der Waals surface area contributed by atoms with Crippen LogP contribution in [0, 0.1) is 0 Å². The minimum absolute atomic E-state index is 0.0149. The van der Waals surface area contributed by atoms with Gasteiger partial charge in [0.25, 0.3) is 0 Å². The predicted octanol–water partition coefficient (Wildman–Crippen LogP) is 5.75. The normalized spacial score (nSPS) is 15.5. The first kappa shape index (κ1) is 31.2. The van der Waals surface area contributed by atoms with Crippen LogP contribution < -0.4 is 9.62 Å². The zero-order chi connectivity index (χ0) is 29.0. The average Bonchev–Trinajstić information content (AvgIpc) is 2.85. The van der Waals surface area contributed by atoms with Crippen molar-refractivity contribution in [2.45, 2.75) is 63.8 Å². The number of halogens is 5. The van der Waals surface area contributed by atoms with Gasteiger partial charge in [-0.15, -0.1) is 0 Å². The van der Waals surface area contributed by atoms with Crippen LogP contribution in [-0.4, -0.2) is 50.0 Å². The van der Waals surface area contributed by atoms with Crippen molar-refractivity contribution in [1.82, 2.24) is 10.2 Å². The number of sulfonamides is 1. The highest BCUT2D eigenvalue weighted by molar-refractivity contribution is 9.10. The molecule has 1 N–H and O–H groups in total. The molecule has 0 radical (unpaired) electrons. The van der Waals surface area contributed by atoms with E-state index in [2.05, 4.69) is 21.2 Å². The molecule has 0 heterocycles. The summed E-state index contributed by atoms with van der Waals surface area (Å²) in [4.78, 5) is 28.0. The van der Waals surface area contributed by atoms with E-state index in [0.29, 0.717) is 15.9 Å². The van der Waals surface area contributed by atoms with Gasteiger partial charge < -0.3 is 10.2 Å². The van der Waals surface area contributed by atoms with Gasteiger partial charge in [0.1, 0.15) is 12.6 Å². The number of nitrogens with one attached hydrogen (secondary N) is 1. The lowest BCUT2D eigenvalue weighted by Gasteiger charge is -2.33. The summed E-state index contributed by atoms with van der Waals surface area (Å²) in [5.41, 5.74) is -0.926. The highest BCUT2D eigenvalue weighted by Gasteiger charge is 2.36. The molecule has 1 atom stereocenters. The number of nitrogens with zero attached hydrogens (tertiary/aromatic N) is 2. The fourth-order valence-corrected chi connectivity index (χ4v) is 6.00. The number of carbonyl (C=O) groups is 2. The molecule has 13 heteroatoms. The molecule has 1 saturated carbocycles. The number of rotatable bonds is 9. The van der Waals surface area contributed by atoms with Crippen LogP contribution in [0.5, 0.6) is 0 Å². The fourth-order valence-electron chi connectivity index (χ4n) is 4.48. The van der Waals surface area contributed by atoms with Crippen molar-refractivity contribution in [3.8, 4) is 0 Å². The second-order valence-electron chi connectivity index (χ2n) is 9.60. The Labute approximate surface area is 239 Å². The molecule has 1 aliphatic carbocycles. The van der Waals surface area contributed by atoms with Crippen molar-refractivity contribution in [2.24, 2.45) is 0 Å². The van der Waals surface area contributed by atoms with E-state index in [1.165, 1.54) is 4.90 Å². The third-order valence-electron chi connectivity index (χ3n) is 6.58. The Hall–Kier alpha value is -2.31. The van der Waals surface area contributed by atoms with Gasteiger partial charge in [-0.3, -0.25) is 13.9 Å². The molecule has 3 rings (SSSR count). The van der Waals surface area contributed by atoms with Crippen LogP contribution in [0.15, 0.2) is 46.9 Å². The van der Waals surface area contributed by atoms with Gasteiger partial charge in [-0.05, 0) is 55.7 Å². The Bertz CT molecular complexity index is 1300. The van der Waals surface area contributed by atoms with Crippen LogP contribution in [-0.2, 0) is 32.3 Å². The van der Waals surface area contributed by atoms with Gasteiger partial charge in [0.05, 0.1) is 22.5 Å². The third kappa shape index (κ3) is 8.59. The van der Waals surface area contributed by atoms with E-state index < -0.39 is 45.3 Å². The molecule has 0 saturated heterocycles. The summed E-state index contributed by atoms with van der Waals surface area (Å²) in [6, 6.07) is 8.69. The highest BCUT2D eigenvalue weighted by atomic mass is 79.9. The summed E-state index contributed by atoms with van der Waals surface area (Å²) in [5.74, 6) is -1.14. The van der Waals surface area contributed by atoms with Gasteiger partial charge >= 0.3 is 6.18 Å². The Morgan fingerprint density at radius 1 is 1.13 bits per heavy atom. The SMILES string of the molecule is C[C@H](C(=O)NC1CCCCC1)N(Cc1cccc(Br)c1)C(=O)CN(c1ccc(Cl)c(C(F)(F)F)c1)S(C)(=O)=O. The van der Waals surface area contributed by atoms with Crippen LogP contribution >= 0.6 is 27.5 Å². The first-order valence-electron chi connectivity index (χ1n) is 12.4. The molecule has 2 aromatic carbocycles. The van der Waals surface area contributed by atoms with Crippen molar-refractivity contribution in [3.63, 3.8) is 0 Å². The lowest BCUT2D eigenvalue weighted by molar-refractivity contribution is -0.139. The molecule has 0 unspecified atom stereocenters. The molecule has 0 aromatic heterocycles. The molecule has 2 aromatic rings. The topological polar surface area (TPSA) is 86.8 Å². The summed E-state index contributed by atoms with van der Waals surface area (Å²) < 4.78 is 67.0. The van der Waals surface area contributed by atoms with E-state index >= 15 is 0 Å². The number of alkyl halides is 3.